The fourth-order valence-corrected chi connectivity index (χ4v) is 2.45. The number of methoxy groups -OCH3 is 1. The van der Waals surface area contributed by atoms with Gasteiger partial charge in [-0.2, -0.15) is 0 Å². The van der Waals surface area contributed by atoms with Crippen LogP contribution in [0.15, 0.2) is 42.6 Å². The van der Waals surface area contributed by atoms with Crippen molar-refractivity contribution in [3.63, 3.8) is 0 Å². The van der Waals surface area contributed by atoms with Gasteiger partial charge in [0, 0.05) is 6.20 Å². The van der Waals surface area contributed by atoms with Gasteiger partial charge in [-0.15, -0.1) is 0 Å². The molecular formula is C17H19N3O3S. The Hall–Kier alpha value is -2.67. The molecule has 7 heteroatoms. The van der Waals surface area contributed by atoms with Crippen LogP contribution in [-0.4, -0.2) is 28.3 Å². The highest BCUT2D eigenvalue weighted by Crippen LogP contribution is 2.22. The molecule has 1 heterocycles. The quantitative estimate of drug-likeness (QED) is 0.694. The van der Waals surface area contributed by atoms with Crippen LogP contribution in [0.25, 0.3) is 0 Å². The first-order valence-electron chi connectivity index (χ1n) is 7.34. The van der Waals surface area contributed by atoms with Crippen LogP contribution in [0.3, 0.4) is 0 Å². The highest BCUT2D eigenvalue weighted by atomic mass is 32.1. The van der Waals surface area contributed by atoms with Crippen molar-refractivity contribution in [2.24, 2.45) is 0 Å². The lowest BCUT2D eigenvalue weighted by atomic mass is 10.0. The molecule has 2 aromatic rings. The van der Waals surface area contributed by atoms with Crippen LogP contribution in [-0.2, 0) is 4.79 Å². The number of carbonyl (C=O) groups is 1. The normalized spacial score (nSPS) is 11.4. The summed E-state index contributed by atoms with van der Waals surface area (Å²) in [4.78, 5) is 15.3. The van der Waals surface area contributed by atoms with Gasteiger partial charge in [0.25, 0.3) is 0 Å². The summed E-state index contributed by atoms with van der Waals surface area (Å²) in [6.07, 6.45) is 1.56. The number of anilines is 1. The standard InChI is InChI=1S/C17H19N3O3S/c1-11-6-7-18-15(8-11)20-17(24)19-14(10-16(21)22)12-4-3-5-13(9-12)23-2/h3-9,14H,10H2,1-2H3,(H,21,22)(H2,18,19,20,24). The van der Waals surface area contributed by atoms with E-state index in [1.54, 1.807) is 25.4 Å². The van der Waals surface area contributed by atoms with Gasteiger partial charge in [-0.25, -0.2) is 4.98 Å². The first-order chi connectivity index (χ1) is 11.5. The number of hydrogen-bond acceptors (Lipinski definition) is 4. The van der Waals surface area contributed by atoms with Crippen molar-refractivity contribution in [1.82, 2.24) is 10.3 Å². The van der Waals surface area contributed by atoms with Crippen LogP contribution in [0.1, 0.15) is 23.6 Å². The smallest absolute Gasteiger partial charge is 0.305 e. The van der Waals surface area contributed by atoms with E-state index in [1.807, 2.05) is 31.2 Å². The Labute approximate surface area is 145 Å². The molecule has 0 saturated carbocycles. The van der Waals surface area contributed by atoms with Gasteiger partial charge in [0.15, 0.2) is 5.11 Å². The molecule has 3 N–H and O–H groups in total. The summed E-state index contributed by atoms with van der Waals surface area (Å²) in [5.41, 5.74) is 1.82. The second-order valence-electron chi connectivity index (χ2n) is 5.24. The van der Waals surface area contributed by atoms with Crippen LogP contribution >= 0.6 is 12.2 Å². The van der Waals surface area contributed by atoms with Crippen LogP contribution in [0, 0.1) is 6.92 Å². The number of benzene rings is 1. The molecule has 0 amide bonds. The van der Waals surface area contributed by atoms with Crippen molar-refractivity contribution in [2.45, 2.75) is 19.4 Å². The highest BCUT2D eigenvalue weighted by Gasteiger charge is 2.17. The van der Waals surface area contributed by atoms with Crippen molar-refractivity contribution in [2.75, 3.05) is 12.4 Å². The summed E-state index contributed by atoms with van der Waals surface area (Å²) < 4.78 is 5.19. The van der Waals surface area contributed by atoms with E-state index in [0.717, 1.165) is 11.1 Å². The number of aryl methyl sites for hydroxylation is 1. The molecule has 24 heavy (non-hydrogen) atoms. The molecule has 0 fully saturated rings. The molecule has 1 unspecified atom stereocenters. The molecule has 1 aromatic carbocycles. The topological polar surface area (TPSA) is 83.5 Å². The number of ether oxygens (including phenoxy) is 1. The maximum atomic E-state index is 11.2. The minimum atomic E-state index is -0.924. The minimum Gasteiger partial charge on any atom is -0.497 e. The van der Waals surface area contributed by atoms with Gasteiger partial charge in [-0.1, -0.05) is 12.1 Å². The Bertz CT molecular complexity index is 737. The molecule has 0 bridgehead atoms. The number of aliphatic carboxylic acids is 1. The summed E-state index contributed by atoms with van der Waals surface area (Å²) in [6, 6.07) is 10.5. The average molecular weight is 345 g/mol. The van der Waals surface area contributed by atoms with E-state index in [0.29, 0.717) is 16.7 Å². The molecule has 1 aromatic heterocycles. The number of rotatable bonds is 6. The number of pyridine rings is 1. The van der Waals surface area contributed by atoms with Crippen LogP contribution in [0.5, 0.6) is 5.75 Å². The van der Waals surface area contributed by atoms with E-state index in [-0.39, 0.29) is 6.42 Å². The third-order valence-corrected chi connectivity index (χ3v) is 3.56. The molecule has 0 aliphatic carbocycles. The maximum Gasteiger partial charge on any atom is 0.305 e. The van der Waals surface area contributed by atoms with Gasteiger partial charge >= 0.3 is 5.97 Å². The molecular weight excluding hydrogens is 326 g/mol. The van der Waals surface area contributed by atoms with Gasteiger partial charge in [-0.3, -0.25) is 4.79 Å². The van der Waals surface area contributed by atoms with Gasteiger partial charge in [0.2, 0.25) is 0 Å². The van der Waals surface area contributed by atoms with E-state index < -0.39 is 12.0 Å². The Morgan fingerprint density at radius 3 is 2.83 bits per heavy atom. The van der Waals surface area contributed by atoms with Crippen molar-refractivity contribution < 1.29 is 14.6 Å². The summed E-state index contributed by atoms with van der Waals surface area (Å²) in [5.74, 6) is 0.336. The zero-order valence-corrected chi connectivity index (χ0v) is 14.3. The van der Waals surface area contributed by atoms with Gasteiger partial charge in [-0.05, 0) is 54.5 Å². The number of nitrogens with one attached hydrogen (secondary N) is 2. The summed E-state index contributed by atoms with van der Waals surface area (Å²) in [7, 11) is 1.56. The Kier molecular flexibility index (Phi) is 6.08. The molecule has 6 nitrogen and oxygen atoms in total. The number of thiocarbonyl (C=S) groups is 1. The molecule has 0 aliphatic heterocycles. The first kappa shape index (κ1) is 17.7. The summed E-state index contributed by atoms with van der Waals surface area (Å²) >= 11 is 5.28. The Morgan fingerprint density at radius 1 is 1.38 bits per heavy atom. The van der Waals surface area contributed by atoms with Crippen molar-refractivity contribution in [3.05, 3.63) is 53.7 Å². The highest BCUT2D eigenvalue weighted by molar-refractivity contribution is 7.80. The van der Waals surface area contributed by atoms with Gasteiger partial charge < -0.3 is 20.5 Å². The van der Waals surface area contributed by atoms with Crippen molar-refractivity contribution in [3.8, 4) is 5.75 Å². The number of aromatic nitrogens is 1. The van der Waals surface area contributed by atoms with E-state index in [4.69, 9.17) is 22.1 Å². The summed E-state index contributed by atoms with van der Waals surface area (Å²) in [6.45, 7) is 1.95. The number of carboxylic acid groups (broad SMARTS) is 1. The number of carboxylic acids is 1. The maximum absolute atomic E-state index is 11.2. The summed E-state index contributed by atoms with van der Waals surface area (Å²) in [5, 5.41) is 15.5. The van der Waals surface area contributed by atoms with Crippen molar-refractivity contribution in [1.29, 1.82) is 0 Å². The van der Waals surface area contributed by atoms with E-state index >= 15 is 0 Å². The fourth-order valence-electron chi connectivity index (χ4n) is 2.20. The molecule has 0 radical (unpaired) electrons. The third kappa shape index (κ3) is 5.20. The first-order valence-corrected chi connectivity index (χ1v) is 7.74. The molecule has 1 atom stereocenters. The van der Waals surface area contributed by atoms with E-state index in [1.165, 1.54) is 0 Å². The van der Waals surface area contributed by atoms with E-state index in [9.17, 15) is 4.79 Å². The van der Waals surface area contributed by atoms with Crippen LogP contribution in [0.4, 0.5) is 5.82 Å². The zero-order valence-electron chi connectivity index (χ0n) is 13.4. The largest absolute Gasteiger partial charge is 0.497 e. The lowest BCUT2D eigenvalue weighted by Crippen LogP contribution is -2.33. The lowest BCUT2D eigenvalue weighted by Gasteiger charge is -2.20. The molecule has 2 rings (SSSR count). The monoisotopic (exact) mass is 345 g/mol. The third-order valence-electron chi connectivity index (χ3n) is 3.34. The van der Waals surface area contributed by atoms with Crippen molar-refractivity contribution >= 4 is 29.1 Å². The molecule has 126 valence electrons. The second kappa shape index (κ2) is 8.26. The lowest BCUT2D eigenvalue weighted by molar-refractivity contribution is -0.137. The van der Waals surface area contributed by atoms with Crippen LogP contribution < -0.4 is 15.4 Å². The number of hydrogen-bond donors (Lipinski definition) is 3. The number of nitrogens with zero attached hydrogens (tertiary/aromatic N) is 1. The van der Waals surface area contributed by atoms with Crippen LogP contribution in [0.2, 0.25) is 0 Å². The average Bonchev–Trinajstić information content (AvgIpc) is 2.54. The Balaban J connectivity index is 2.13. The predicted molar refractivity (Wildman–Crippen MR) is 96.3 cm³/mol. The fraction of sp³-hybridized carbons (Fsp3) is 0.235. The van der Waals surface area contributed by atoms with E-state index in [2.05, 4.69) is 15.6 Å². The SMILES string of the molecule is COc1cccc(C(CC(=O)O)NC(=S)Nc2cc(C)ccn2)c1. The predicted octanol–water partition coefficient (Wildman–Crippen LogP) is 2.90. The second-order valence-corrected chi connectivity index (χ2v) is 5.65. The molecule has 0 aliphatic rings. The zero-order chi connectivity index (χ0) is 17.5. The molecule has 0 saturated heterocycles. The van der Waals surface area contributed by atoms with Gasteiger partial charge in [0.05, 0.1) is 19.6 Å². The molecule has 0 spiro atoms. The minimum absolute atomic E-state index is 0.115. The Morgan fingerprint density at radius 2 is 2.17 bits per heavy atom. The van der Waals surface area contributed by atoms with Gasteiger partial charge in [0.1, 0.15) is 11.6 Å².